The molecule has 0 aromatic rings. The summed E-state index contributed by atoms with van der Waals surface area (Å²) in [6.45, 7) is 1.04. The van der Waals surface area contributed by atoms with Crippen LogP contribution in [0, 0.1) is 11.3 Å². The Labute approximate surface area is 53.8 Å². The first-order valence-corrected chi connectivity index (χ1v) is 2.68. The maximum atomic E-state index is 8.00. The van der Waals surface area contributed by atoms with E-state index in [-0.39, 0.29) is 0 Å². The van der Waals surface area contributed by atoms with Gasteiger partial charge in [-0.15, -0.1) is 0 Å². The highest BCUT2D eigenvalue weighted by Crippen LogP contribution is 1.73. The Morgan fingerprint density at radius 3 is 3.00 bits per heavy atom. The lowest BCUT2D eigenvalue weighted by Gasteiger charge is -1.87. The molecule has 0 saturated carbocycles. The summed E-state index contributed by atoms with van der Waals surface area (Å²) < 4.78 is 0. The molecule has 2 nitrogen and oxygen atoms in total. The molecule has 0 aromatic carbocycles. The molecule has 0 amide bonds. The smallest absolute Gasteiger partial charge is 0.0843 e. The second-order valence-corrected chi connectivity index (χ2v) is 1.40. The van der Waals surface area contributed by atoms with Gasteiger partial charge in [0.2, 0.25) is 0 Å². The van der Waals surface area contributed by atoms with E-state index in [2.05, 4.69) is 5.32 Å². The van der Waals surface area contributed by atoms with Crippen molar-refractivity contribution in [2.75, 3.05) is 13.1 Å². The van der Waals surface area contributed by atoms with E-state index in [1.807, 2.05) is 6.07 Å². The highest BCUT2D eigenvalue weighted by Gasteiger charge is 1.74. The Hall–Kier alpha value is -0.520. The van der Waals surface area contributed by atoms with Crippen LogP contribution in [0.2, 0.25) is 0 Å². The highest BCUT2D eigenvalue weighted by molar-refractivity contribution is 6.25. The Kier molecular flexibility index (Phi) is 6.06. The second kappa shape index (κ2) is 6.48. The average Bonchev–Trinajstić information content (AvgIpc) is 1.81. The minimum absolute atomic E-state index is 0.376. The van der Waals surface area contributed by atoms with Crippen LogP contribution in [0.4, 0.5) is 0 Å². The van der Waals surface area contributed by atoms with Gasteiger partial charge < -0.3 is 5.32 Å². The Morgan fingerprint density at radius 2 is 2.50 bits per heavy atom. The number of rotatable bonds is 3. The van der Waals surface area contributed by atoms with Gasteiger partial charge in [-0.3, -0.25) is 0 Å². The van der Waals surface area contributed by atoms with Crippen molar-refractivity contribution >= 4 is 11.6 Å². The van der Waals surface area contributed by atoms with Crippen LogP contribution in [-0.2, 0) is 0 Å². The molecule has 0 aliphatic carbocycles. The number of hydrogen-bond acceptors (Lipinski definition) is 2. The van der Waals surface area contributed by atoms with Gasteiger partial charge in [-0.1, -0.05) is 17.7 Å². The predicted molar refractivity (Wildman–Crippen MR) is 33.5 cm³/mol. The van der Waals surface area contributed by atoms with Gasteiger partial charge in [0.25, 0.3) is 0 Å². The topological polar surface area (TPSA) is 35.8 Å². The van der Waals surface area contributed by atoms with Gasteiger partial charge in [0.1, 0.15) is 0 Å². The first kappa shape index (κ1) is 7.48. The third-order valence-electron chi connectivity index (χ3n) is 0.555. The average molecular weight is 131 g/mol. The van der Waals surface area contributed by atoms with Gasteiger partial charge >= 0.3 is 0 Å². The molecule has 0 unspecified atom stereocenters. The van der Waals surface area contributed by atoms with Crippen molar-refractivity contribution in [3.05, 3.63) is 11.6 Å². The molecule has 0 rings (SSSR count). The SMILES string of the molecule is N#CCNC/C=C/Cl. The fourth-order valence-electron chi connectivity index (χ4n) is 0.256. The summed E-state index contributed by atoms with van der Waals surface area (Å²) in [5.74, 6) is 0. The van der Waals surface area contributed by atoms with E-state index in [0.717, 1.165) is 0 Å². The first-order chi connectivity index (χ1) is 3.91. The molecule has 0 saturated heterocycles. The fourth-order valence-corrected chi connectivity index (χ4v) is 0.345. The summed E-state index contributed by atoms with van der Waals surface area (Å²) in [5, 5.41) is 10.8. The van der Waals surface area contributed by atoms with Crippen molar-refractivity contribution in [2.24, 2.45) is 0 Å². The predicted octanol–water partition coefficient (Wildman–Crippen LogP) is 0.852. The van der Waals surface area contributed by atoms with E-state index in [1.165, 1.54) is 5.54 Å². The largest absolute Gasteiger partial charge is 0.301 e. The maximum absolute atomic E-state index is 8.00. The molecular formula is C5H7ClN2. The lowest BCUT2D eigenvalue weighted by Crippen LogP contribution is -2.12. The quantitative estimate of drug-likeness (QED) is 0.454. The van der Waals surface area contributed by atoms with E-state index in [9.17, 15) is 0 Å². The van der Waals surface area contributed by atoms with Crippen LogP contribution < -0.4 is 5.32 Å². The van der Waals surface area contributed by atoms with Gasteiger partial charge in [0, 0.05) is 12.1 Å². The van der Waals surface area contributed by atoms with Gasteiger partial charge in [-0.05, 0) is 0 Å². The monoisotopic (exact) mass is 130 g/mol. The molecule has 3 heteroatoms. The highest BCUT2D eigenvalue weighted by atomic mass is 35.5. The van der Waals surface area contributed by atoms with Crippen molar-refractivity contribution in [3.63, 3.8) is 0 Å². The third kappa shape index (κ3) is 5.48. The number of nitrogens with one attached hydrogen (secondary N) is 1. The van der Waals surface area contributed by atoms with Crippen molar-refractivity contribution in [3.8, 4) is 6.07 Å². The number of nitriles is 1. The molecule has 0 fully saturated rings. The van der Waals surface area contributed by atoms with Crippen molar-refractivity contribution in [1.82, 2.24) is 5.32 Å². The molecule has 0 aromatic heterocycles. The van der Waals surface area contributed by atoms with E-state index in [4.69, 9.17) is 16.9 Å². The summed E-state index contributed by atoms with van der Waals surface area (Å²) in [4.78, 5) is 0. The molecule has 0 atom stereocenters. The first-order valence-electron chi connectivity index (χ1n) is 2.24. The van der Waals surface area contributed by atoms with Gasteiger partial charge in [0.05, 0.1) is 12.6 Å². The van der Waals surface area contributed by atoms with Gasteiger partial charge in [-0.25, -0.2) is 0 Å². The van der Waals surface area contributed by atoms with Crippen LogP contribution in [0.5, 0.6) is 0 Å². The van der Waals surface area contributed by atoms with E-state index in [0.29, 0.717) is 13.1 Å². The minimum atomic E-state index is 0.376. The van der Waals surface area contributed by atoms with Crippen LogP contribution in [0.15, 0.2) is 11.6 Å². The summed E-state index contributed by atoms with van der Waals surface area (Å²) in [6.07, 6.45) is 1.74. The minimum Gasteiger partial charge on any atom is -0.301 e. The zero-order chi connectivity index (χ0) is 6.24. The van der Waals surface area contributed by atoms with E-state index >= 15 is 0 Å². The van der Waals surface area contributed by atoms with Crippen molar-refractivity contribution in [2.45, 2.75) is 0 Å². The standard InChI is InChI=1S/C5H7ClN2/c6-2-1-4-8-5-3-7/h1-2,8H,4-5H2/b2-1+. The molecule has 8 heavy (non-hydrogen) atoms. The molecule has 0 aliphatic rings. The normalized spacial score (nSPS) is 9.50. The Bertz CT molecular complexity index is 103. The van der Waals surface area contributed by atoms with Crippen LogP contribution in [-0.4, -0.2) is 13.1 Å². The summed E-state index contributed by atoms with van der Waals surface area (Å²) >= 11 is 5.18. The Morgan fingerprint density at radius 1 is 1.75 bits per heavy atom. The van der Waals surface area contributed by atoms with Crippen molar-refractivity contribution in [1.29, 1.82) is 5.26 Å². The molecule has 0 bridgehead atoms. The molecular weight excluding hydrogens is 124 g/mol. The number of halogens is 1. The summed E-state index contributed by atoms with van der Waals surface area (Å²) in [5.41, 5.74) is 1.42. The van der Waals surface area contributed by atoms with Crippen LogP contribution in [0.25, 0.3) is 0 Å². The lowest BCUT2D eigenvalue weighted by molar-refractivity contribution is 0.851. The summed E-state index contributed by atoms with van der Waals surface area (Å²) in [7, 11) is 0. The summed E-state index contributed by atoms with van der Waals surface area (Å²) in [6, 6.07) is 1.94. The van der Waals surface area contributed by atoms with Crippen LogP contribution >= 0.6 is 11.6 Å². The number of nitrogens with zero attached hydrogens (tertiary/aromatic N) is 1. The molecule has 0 heterocycles. The second-order valence-electron chi connectivity index (χ2n) is 1.15. The molecule has 44 valence electrons. The molecule has 0 radical (unpaired) electrons. The third-order valence-corrected chi connectivity index (χ3v) is 0.734. The molecule has 0 aliphatic heterocycles. The molecule has 1 N–H and O–H groups in total. The van der Waals surface area contributed by atoms with E-state index < -0.39 is 0 Å². The Balaban J connectivity index is 2.85. The fraction of sp³-hybridized carbons (Fsp3) is 0.400. The van der Waals surface area contributed by atoms with Crippen LogP contribution in [0.1, 0.15) is 0 Å². The van der Waals surface area contributed by atoms with E-state index in [1.54, 1.807) is 6.08 Å². The van der Waals surface area contributed by atoms with Gasteiger partial charge in [-0.2, -0.15) is 5.26 Å². The van der Waals surface area contributed by atoms with Crippen LogP contribution in [0.3, 0.4) is 0 Å². The molecule has 0 spiro atoms. The van der Waals surface area contributed by atoms with Gasteiger partial charge in [0.15, 0.2) is 0 Å². The lowest BCUT2D eigenvalue weighted by atomic mass is 10.6. The number of hydrogen-bond donors (Lipinski definition) is 1. The zero-order valence-electron chi connectivity index (χ0n) is 4.39. The zero-order valence-corrected chi connectivity index (χ0v) is 5.15. The maximum Gasteiger partial charge on any atom is 0.0843 e. The van der Waals surface area contributed by atoms with Crippen molar-refractivity contribution < 1.29 is 0 Å².